The van der Waals surface area contributed by atoms with Crippen molar-refractivity contribution in [1.82, 2.24) is 14.8 Å². The predicted octanol–water partition coefficient (Wildman–Crippen LogP) is 3.14. The third kappa shape index (κ3) is 2.47. The van der Waals surface area contributed by atoms with E-state index < -0.39 is 0 Å². The van der Waals surface area contributed by atoms with Gasteiger partial charge in [-0.05, 0) is 24.3 Å². The van der Waals surface area contributed by atoms with E-state index in [0.717, 1.165) is 28.7 Å². The lowest BCUT2D eigenvalue weighted by Gasteiger charge is -2.05. The Kier molecular flexibility index (Phi) is 2.98. The van der Waals surface area contributed by atoms with Crippen LogP contribution in [0.4, 0.5) is 5.69 Å². The van der Waals surface area contributed by atoms with E-state index in [0.29, 0.717) is 0 Å². The lowest BCUT2D eigenvalue weighted by molar-refractivity contribution is 0.936. The van der Waals surface area contributed by atoms with Crippen LogP contribution in [0.15, 0.2) is 55.5 Å². The molecule has 0 saturated heterocycles. The number of rotatable bonds is 4. The van der Waals surface area contributed by atoms with Crippen LogP contribution >= 0.6 is 0 Å². The van der Waals surface area contributed by atoms with Gasteiger partial charge in [-0.15, -0.1) is 0 Å². The molecule has 19 heavy (non-hydrogen) atoms. The van der Waals surface area contributed by atoms with Crippen molar-refractivity contribution < 1.29 is 0 Å². The molecule has 0 spiro atoms. The number of hydrogen-bond donors (Lipinski definition) is 1. The molecule has 0 amide bonds. The number of benzene rings is 1. The summed E-state index contributed by atoms with van der Waals surface area (Å²) >= 11 is 0. The van der Waals surface area contributed by atoms with Gasteiger partial charge in [0.2, 0.25) is 0 Å². The summed E-state index contributed by atoms with van der Waals surface area (Å²) < 4.78 is 1.70. The number of nitrogens with zero attached hydrogens (tertiary/aromatic N) is 3. The predicted molar refractivity (Wildman–Crippen MR) is 77.7 cm³/mol. The molecule has 2 heterocycles. The maximum Gasteiger partial charge on any atom is 0.0703 e. The van der Waals surface area contributed by atoms with Crippen LogP contribution in [0, 0.1) is 0 Å². The molecular weight excluding hydrogens is 236 g/mol. The fourth-order valence-electron chi connectivity index (χ4n) is 1.96. The molecule has 0 aliphatic rings. The fraction of sp³-hybridized carbons (Fsp3) is 0.0667. The first-order valence-electron chi connectivity index (χ1n) is 6.09. The van der Waals surface area contributed by atoms with Gasteiger partial charge in [0.25, 0.3) is 0 Å². The van der Waals surface area contributed by atoms with Crippen LogP contribution in [0.5, 0.6) is 0 Å². The maximum atomic E-state index is 4.30. The normalized spacial score (nSPS) is 10.5. The molecular formula is C15H14N4. The molecule has 4 heteroatoms. The Hall–Kier alpha value is -2.62. The monoisotopic (exact) mass is 250 g/mol. The van der Waals surface area contributed by atoms with Gasteiger partial charge in [0.05, 0.1) is 11.7 Å². The highest BCUT2D eigenvalue weighted by Gasteiger charge is 1.99. The van der Waals surface area contributed by atoms with Gasteiger partial charge >= 0.3 is 0 Å². The topological polar surface area (TPSA) is 42.7 Å². The number of hydrogen-bond acceptors (Lipinski definition) is 3. The highest BCUT2D eigenvalue weighted by molar-refractivity contribution is 5.82. The summed E-state index contributed by atoms with van der Waals surface area (Å²) in [7, 11) is 0. The molecule has 0 unspecified atom stereocenters. The van der Waals surface area contributed by atoms with E-state index in [1.54, 1.807) is 17.1 Å². The second kappa shape index (κ2) is 4.94. The number of nitrogens with one attached hydrogen (secondary N) is 1. The van der Waals surface area contributed by atoms with E-state index >= 15 is 0 Å². The summed E-state index contributed by atoms with van der Waals surface area (Å²) in [5.41, 5.74) is 3.20. The average molecular weight is 250 g/mol. The fourth-order valence-corrected chi connectivity index (χ4v) is 1.96. The van der Waals surface area contributed by atoms with Gasteiger partial charge in [0, 0.05) is 41.8 Å². The molecule has 1 aromatic carbocycles. The molecule has 4 nitrogen and oxygen atoms in total. The Labute approximate surface area is 111 Å². The highest BCUT2D eigenvalue weighted by Crippen LogP contribution is 2.17. The smallest absolute Gasteiger partial charge is 0.0703 e. The van der Waals surface area contributed by atoms with Gasteiger partial charge in [-0.25, -0.2) is 4.68 Å². The largest absolute Gasteiger partial charge is 0.381 e. The van der Waals surface area contributed by atoms with E-state index in [4.69, 9.17) is 0 Å². The van der Waals surface area contributed by atoms with E-state index in [1.807, 2.05) is 30.6 Å². The standard InChI is InChI=1S/C15H14N4/c1-2-19-11-12(10-18-19)9-17-14-5-6-15-13(8-14)4-3-7-16-15/h2-8,10-11,17H,1,9H2. The summed E-state index contributed by atoms with van der Waals surface area (Å²) in [6, 6.07) is 10.2. The minimum Gasteiger partial charge on any atom is -0.381 e. The lowest BCUT2D eigenvalue weighted by atomic mass is 10.2. The molecule has 0 atom stereocenters. The van der Waals surface area contributed by atoms with Crippen molar-refractivity contribution in [3.8, 4) is 0 Å². The third-order valence-electron chi connectivity index (χ3n) is 2.94. The van der Waals surface area contributed by atoms with Crippen molar-refractivity contribution in [2.45, 2.75) is 6.54 Å². The minimum absolute atomic E-state index is 0.736. The summed E-state index contributed by atoms with van der Waals surface area (Å²) in [4.78, 5) is 4.30. The van der Waals surface area contributed by atoms with Crippen LogP contribution in [-0.2, 0) is 6.54 Å². The molecule has 1 N–H and O–H groups in total. The van der Waals surface area contributed by atoms with Crippen LogP contribution in [-0.4, -0.2) is 14.8 Å². The Morgan fingerprint density at radius 3 is 3.11 bits per heavy atom. The van der Waals surface area contributed by atoms with Crippen molar-refractivity contribution in [2.24, 2.45) is 0 Å². The van der Waals surface area contributed by atoms with E-state index in [1.165, 1.54) is 0 Å². The molecule has 0 fully saturated rings. The van der Waals surface area contributed by atoms with Crippen molar-refractivity contribution >= 4 is 22.8 Å². The molecule has 94 valence electrons. The molecule has 3 aromatic rings. The molecule has 0 bridgehead atoms. The summed E-state index contributed by atoms with van der Waals surface area (Å²) in [6.07, 6.45) is 7.25. The lowest BCUT2D eigenvalue weighted by Crippen LogP contribution is -1.98. The molecule has 0 saturated carbocycles. The van der Waals surface area contributed by atoms with Crippen LogP contribution in [0.25, 0.3) is 17.1 Å². The van der Waals surface area contributed by atoms with Crippen LogP contribution in [0.2, 0.25) is 0 Å². The van der Waals surface area contributed by atoms with E-state index in [2.05, 4.69) is 34.1 Å². The van der Waals surface area contributed by atoms with Gasteiger partial charge in [0.1, 0.15) is 0 Å². The van der Waals surface area contributed by atoms with Gasteiger partial charge in [-0.1, -0.05) is 12.6 Å². The van der Waals surface area contributed by atoms with Crippen LogP contribution < -0.4 is 5.32 Å². The quantitative estimate of drug-likeness (QED) is 0.773. The average Bonchev–Trinajstić information content (AvgIpc) is 2.93. The van der Waals surface area contributed by atoms with E-state index in [9.17, 15) is 0 Å². The molecule has 2 aromatic heterocycles. The van der Waals surface area contributed by atoms with Gasteiger partial charge in [0.15, 0.2) is 0 Å². The summed E-state index contributed by atoms with van der Waals surface area (Å²) in [6.45, 7) is 4.41. The third-order valence-corrected chi connectivity index (χ3v) is 2.94. The van der Waals surface area contributed by atoms with E-state index in [-0.39, 0.29) is 0 Å². The Morgan fingerprint density at radius 1 is 1.32 bits per heavy atom. The number of aromatic nitrogens is 3. The Bertz CT molecular complexity index is 715. The summed E-state index contributed by atoms with van der Waals surface area (Å²) in [5.74, 6) is 0. The first-order chi connectivity index (χ1) is 9.35. The molecule has 3 rings (SSSR count). The number of fused-ring (bicyclic) bond motifs is 1. The van der Waals surface area contributed by atoms with Crippen LogP contribution in [0.3, 0.4) is 0 Å². The second-order valence-corrected chi connectivity index (χ2v) is 4.28. The number of anilines is 1. The van der Waals surface area contributed by atoms with Gasteiger partial charge in [-0.3, -0.25) is 4.98 Å². The zero-order valence-electron chi connectivity index (χ0n) is 10.5. The first kappa shape index (κ1) is 11.5. The Balaban J connectivity index is 1.76. The van der Waals surface area contributed by atoms with Crippen molar-refractivity contribution in [2.75, 3.05) is 5.32 Å². The SMILES string of the molecule is C=Cn1cc(CNc2ccc3ncccc3c2)cn1. The zero-order valence-corrected chi connectivity index (χ0v) is 10.5. The van der Waals surface area contributed by atoms with Crippen molar-refractivity contribution in [1.29, 1.82) is 0 Å². The van der Waals surface area contributed by atoms with Crippen LogP contribution in [0.1, 0.15) is 5.56 Å². The molecule has 0 radical (unpaired) electrons. The summed E-state index contributed by atoms with van der Waals surface area (Å²) in [5, 5.41) is 8.65. The first-order valence-corrected chi connectivity index (χ1v) is 6.09. The minimum atomic E-state index is 0.736. The second-order valence-electron chi connectivity index (χ2n) is 4.28. The zero-order chi connectivity index (χ0) is 13.1. The van der Waals surface area contributed by atoms with Crippen molar-refractivity contribution in [3.05, 3.63) is 61.1 Å². The number of pyridine rings is 1. The highest BCUT2D eigenvalue weighted by atomic mass is 15.2. The van der Waals surface area contributed by atoms with Crippen molar-refractivity contribution in [3.63, 3.8) is 0 Å². The maximum absolute atomic E-state index is 4.30. The van der Waals surface area contributed by atoms with Gasteiger partial charge < -0.3 is 5.32 Å². The van der Waals surface area contributed by atoms with Gasteiger partial charge in [-0.2, -0.15) is 5.10 Å². The molecule has 0 aliphatic carbocycles. The Morgan fingerprint density at radius 2 is 2.26 bits per heavy atom. The molecule has 0 aliphatic heterocycles.